The number of nitrogens with one attached hydrogen (secondary N) is 2. The van der Waals surface area contributed by atoms with Crippen LogP contribution in [0.3, 0.4) is 0 Å². The Morgan fingerprint density at radius 2 is 1.33 bits per heavy atom. The zero-order valence-corrected chi connectivity index (χ0v) is 8.73. The fourth-order valence-corrected chi connectivity index (χ4v) is 1.14. The van der Waals surface area contributed by atoms with Gasteiger partial charge in [-0.3, -0.25) is 0 Å². The van der Waals surface area contributed by atoms with Crippen molar-refractivity contribution in [3.63, 3.8) is 0 Å². The molecular weight excluding hydrogens is 148 g/mol. The van der Waals surface area contributed by atoms with Crippen LogP contribution >= 0.6 is 0 Å². The lowest BCUT2D eigenvalue weighted by molar-refractivity contribution is 0.628. The minimum atomic E-state index is 0.373. The van der Waals surface area contributed by atoms with E-state index in [1.165, 1.54) is 11.4 Å². The Labute approximate surface area is 75.7 Å². The summed E-state index contributed by atoms with van der Waals surface area (Å²) in [6, 6.07) is 0. The second-order valence-corrected chi connectivity index (χ2v) is 2.42. The minimum absolute atomic E-state index is 0.373. The van der Waals surface area contributed by atoms with Crippen LogP contribution in [0.4, 0.5) is 0 Å². The third kappa shape index (κ3) is 2.61. The molecule has 0 amide bonds. The third-order valence-corrected chi connectivity index (χ3v) is 1.61. The highest BCUT2D eigenvalue weighted by Gasteiger charge is 2.15. The van der Waals surface area contributed by atoms with E-state index in [-0.39, 0.29) is 0 Å². The second-order valence-electron chi connectivity index (χ2n) is 2.42. The summed E-state index contributed by atoms with van der Waals surface area (Å²) in [7, 11) is 0. The first-order valence-corrected chi connectivity index (χ1v) is 4.64. The van der Waals surface area contributed by atoms with Gasteiger partial charge in [0.15, 0.2) is 0 Å². The Kier molecular flexibility index (Phi) is 5.26. The summed E-state index contributed by atoms with van der Waals surface area (Å²) >= 11 is 0. The van der Waals surface area contributed by atoms with Gasteiger partial charge >= 0.3 is 0 Å². The van der Waals surface area contributed by atoms with Gasteiger partial charge in [0.05, 0.1) is 17.6 Å². The van der Waals surface area contributed by atoms with Gasteiger partial charge in [-0.15, -0.1) is 0 Å². The molecule has 1 aliphatic rings. The van der Waals surface area contributed by atoms with Crippen LogP contribution in [0, 0.1) is 0 Å². The molecule has 0 unspecified atom stereocenters. The molecular formula is C10H20N2. The highest BCUT2D eigenvalue weighted by Crippen LogP contribution is 2.10. The molecule has 1 saturated heterocycles. The van der Waals surface area contributed by atoms with Gasteiger partial charge in [0.25, 0.3) is 0 Å². The maximum absolute atomic E-state index is 3.29. The number of hydrogen-bond donors (Lipinski definition) is 2. The minimum Gasteiger partial charge on any atom is -0.364 e. The van der Waals surface area contributed by atoms with Gasteiger partial charge in [-0.1, -0.05) is 26.0 Å². The molecule has 1 fully saturated rings. The summed E-state index contributed by atoms with van der Waals surface area (Å²) in [5.41, 5.74) is 2.41. The van der Waals surface area contributed by atoms with Gasteiger partial charge in [-0.2, -0.15) is 0 Å². The molecule has 0 aliphatic carbocycles. The van der Waals surface area contributed by atoms with Gasteiger partial charge in [0.1, 0.15) is 0 Å². The SMILES string of the molecule is C/C=C1/NC(C)N/C1=C/C.CC. The Bertz CT molecular complexity index is 160. The largest absolute Gasteiger partial charge is 0.364 e. The lowest BCUT2D eigenvalue weighted by Gasteiger charge is -2.00. The Morgan fingerprint density at radius 1 is 1.00 bits per heavy atom. The zero-order chi connectivity index (χ0) is 9.56. The average molecular weight is 168 g/mol. The van der Waals surface area contributed by atoms with Crippen molar-refractivity contribution in [3.8, 4) is 0 Å². The summed E-state index contributed by atoms with van der Waals surface area (Å²) in [5.74, 6) is 0. The molecule has 0 spiro atoms. The first kappa shape index (κ1) is 11.1. The van der Waals surface area contributed by atoms with E-state index < -0.39 is 0 Å². The fraction of sp³-hybridized carbons (Fsp3) is 0.600. The standard InChI is InChI=1S/C8H14N2.C2H6/c1-4-7-8(5-2)10-6(3)9-7;1-2/h4-6,9-10H,1-3H3;1-2H3/b7-4+,8-5+;. The molecule has 0 atom stereocenters. The van der Waals surface area contributed by atoms with E-state index in [1.54, 1.807) is 0 Å². The molecule has 2 nitrogen and oxygen atoms in total. The van der Waals surface area contributed by atoms with Crippen LogP contribution in [-0.4, -0.2) is 6.17 Å². The normalized spacial score (nSPS) is 23.1. The van der Waals surface area contributed by atoms with Gasteiger partial charge < -0.3 is 10.6 Å². The van der Waals surface area contributed by atoms with Crippen LogP contribution in [-0.2, 0) is 0 Å². The molecule has 1 aliphatic heterocycles. The van der Waals surface area contributed by atoms with E-state index in [9.17, 15) is 0 Å². The van der Waals surface area contributed by atoms with Gasteiger partial charge in [0, 0.05) is 0 Å². The number of rotatable bonds is 0. The molecule has 2 heteroatoms. The number of hydrogen-bond acceptors (Lipinski definition) is 2. The second kappa shape index (κ2) is 5.70. The Morgan fingerprint density at radius 3 is 1.58 bits per heavy atom. The molecule has 12 heavy (non-hydrogen) atoms. The molecule has 70 valence electrons. The highest BCUT2D eigenvalue weighted by atomic mass is 15.2. The quantitative estimate of drug-likeness (QED) is 0.580. The van der Waals surface area contributed by atoms with Crippen LogP contribution < -0.4 is 10.6 Å². The lowest BCUT2D eigenvalue weighted by Crippen LogP contribution is -2.25. The summed E-state index contributed by atoms with van der Waals surface area (Å²) in [5, 5.41) is 6.57. The van der Waals surface area contributed by atoms with E-state index in [0.29, 0.717) is 6.17 Å². The van der Waals surface area contributed by atoms with E-state index in [1.807, 2.05) is 27.7 Å². The molecule has 0 aromatic heterocycles. The van der Waals surface area contributed by atoms with Crippen molar-refractivity contribution in [3.05, 3.63) is 23.5 Å². The van der Waals surface area contributed by atoms with E-state index in [4.69, 9.17) is 0 Å². The van der Waals surface area contributed by atoms with Crippen molar-refractivity contribution in [2.24, 2.45) is 0 Å². The molecule has 0 aromatic rings. The molecule has 0 radical (unpaired) electrons. The topological polar surface area (TPSA) is 24.1 Å². The molecule has 2 N–H and O–H groups in total. The molecule has 1 heterocycles. The van der Waals surface area contributed by atoms with Gasteiger partial charge in [0.2, 0.25) is 0 Å². The predicted octanol–water partition coefficient (Wildman–Crippen LogP) is 2.36. The lowest BCUT2D eigenvalue weighted by atomic mass is 10.3. The summed E-state index contributed by atoms with van der Waals surface area (Å²) < 4.78 is 0. The summed E-state index contributed by atoms with van der Waals surface area (Å²) in [6.07, 6.45) is 4.52. The average Bonchev–Trinajstić information content (AvgIpc) is 2.49. The first-order valence-electron chi connectivity index (χ1n) is 4.64. The third-order valence-electron chi connectivity index (χ3n) is 1.61. The van der Waals surface area contributed by atoms with Crippen LogP contribution in [0.25, 0.3) is 0 Å². The van der Waals surface area contributed by atoms with Crippen molar-refractivity contribution in [2.45, 2.75) is 40.8 Å². The van der Waals surface area contributed by atoms with Crippen molar-refractivity contribution < 1.29 is 0 Å². The monoisotopic (exact) mass is 168 g/mol. The van der Waals surface area contributed by atoms with Crippen molar-refractivity contribution in [1.29, 1.82) is 0 Å². The first-order chi connectivity index (χ1) is 5.77. The van der Waals surface area contributed by atoms with Crippen molar-refractivity contribution in [2.75, 3.05) is 0 Å². The molecule has 1 rings (SSSR count). The summed E-state index contributed by atoms with van der Waals surface area (Å²) in [4.78, 5) is 0. The maximum atomic E-state index is 3.29. The smallest absolute Gasteiger partial charge is 0.0935 e. The maximum Gasteiger partial charge on any atom is 0.0935 e. The van der Waals surface area contributed by atoms with Gasteiger partial charge in [-0.05, 0) is 20.8 Å². The molecule has 0 aromatic carbocycles. The highest BCUT2D eigenvalue weighted by molar-refractivity contribution is 5.31. The Balaban J connectivity index is 0.000000561. The van der Waals surface area contributed by atoms with E-state index in [0.717, 1.165) is 0 Å². The zero-order valence-electron chi connectivity index (χ0n) is 8.73. The fourth-order valence-electron chi connectivity index (χ4n) is 1.14. The summed E-state index contributed by atoms with van der Waals surface area (Å²) in [6.45, 7) is 10.2. The van der Waals surface area contributed by atoms with Crippen LogP contribution in [0.5, 0.6) is 0 Å². The molecule has 0 bridgehead atoms. The van der Waals surface area contributed by atoms with Crippen LogP contribution in [0.2, 0.25) is 0 Å². The predicted molar refractivity (Wildman–Crippen MR) is 54.6 cm³/mol. The van der Waals surface area contributed by atoms with Gasteiger partial charge in [-0.25, -0.2) is 0 Å². The van der Waals surface area contributed by atoms with E-state index >= 15 is 0 Å². The van der Waals surface area contributed by atoms with E-state index in [2.05, 4.69) is 29.7 Å². The Hall–Kier alpha value is -0.920. The van der Waals surface area contributed by atoms with Crippen molar-refractivity contribution >= 4 is 0 Å². The number of allylic oxidation sites excluding steroid dienone is 2. The molecule has 0 saturated carbocycles. The van der Waals surface area contributed by atoms with Crippen LogP contribution in [0.15, 0.2) is 23.5 Å². The van der Waals surface area contributed by atoms with Crippen LogP contribution in [0.1, 0.15) is 34.6 Å². The van der Waals surface area contributed by atoms with Crippen molar-refractivity contribution in [1.82, 2.24) is 10.6 Å².